The first kappa shape index (κ1) is 11.8. The average Bonchev–Trinajstić information content (AvgIpc) is 2.77. The van der Waals surface area contributed by atoms with Crippen LogP contribution in [0.4, 0.5) is 5.82 Å². The molecule has 2 aromatic heterocycles. The maximum absolute atomic E-state index is 11.8. The van der Waals surface area contributed by atoms with Gasteiger partial charge in [0.05, 0.1) is 0 Å². The minimum absolute atomic E-state index is 0.0949. The SMILES string of the molecule is Cc1cccc(C(=O)Nc2cc(C(=O)O)[nH]n2)n1. The van der Waals surface area contributed by atoms with Crippen LogP contribution in [0.1, 0.15) is 26.7 Å². The molecular formula is C11H10N4O3. The van der Waals surface area contributed by atoms with Gasteiger partial charge in [-0.2, -0.15) is 5.10 Å². The molecular weight excluding hydrogens is 236 g/mol. The Kier molecular flexibility index (Phi) is 3.05. The second-order valence-corrected chi connectivity index (χ2v) is 3.59. The van der Waals surface area contributed by atoms with Gasteiger partial charge in [-0.15, -0.1) is 0 Å². The predicted octanol–water partition coefficient (Wildman–Crippen LogP) is 1.06. The fourth-order valence-corrected chi connectivity index (χ4v) is 1.35. The lowest BCUT2D eigenvalue weighted by Crippen LogP contribution is -2.14. The highest BCUT2D eigenvalue weighted by molar-refractivity contribution is 6.02. The van der Waals surface area contributed by atoms with Crippen molar-refractivity contribution in [2.75, 3.05) is 5.32 Å². The van der Waals surface area contributed by atoms with E-state index in [9.17, 15) is 9.59 Å². The summed E-state index contributed by atoms with van der Waals surface area (Å²) in [5.74, 6) is -1.44. The number of hydrogen-bond donors (Lipinski definition) is 3. The standard InChI is InChI=1S/C11H10N4O3/c1-6-3-2-4-7(12-6)10(16)13-9-5-8(11(17)18)14-15-9/h2-5H,1H3,(H,17,18)(H2,13,14,15,16). The molecule has 0 fully saturated rings. The molecule has 92 valence electrons. The van der Waals surface area contributed by atoms with Crippen LogP contribution in [0, 0.1) is 6.92 Å². The number of amides is 1. The van der Waals surface area contributed by atoms with E-state index in [1.165, 1.54) is 6.07 Å². The summed E-state index contributed by atoms with van der Waals surface area (Å²) in [6.07, 6.45) is 0. The van der Waals surface area contributed by atoms with E-state index in [1.54, 1.807) is 25.1 Å². The summed E-state index contributed by atoms with van der Waals surface area (Å²) in [5.41, 5.74) is 0.869. The number of carboxylic acids is 1. The molecule has 0 aliphatic rings. The monoisotopic (exact) mass is 246 g/mol. The lowest BCUT2D eigenvalue weighted by atomic mass is 10.3. The number of aromatic carboxylic acids is 1. The van der Waals surface area contributed by atoms with Gasteiger partial charge in [0, 0.05) is 11.8 Å². The van der Waals surface area contributed by atoms with Crippen molar-refractivity contribution < 1.29 is 14.7 Å². The molecule has 0 saturated heterocycles. The molecule has 2 rings (SSSR count). The Bertz CT molecular complexity index is 606. The lowest BCUT2D eigenvalue weighted by Gasteiger charge is -2.01. The average molecular weight is 246 g/mol. The molecule has 0 aliphatic heterocycles. The Morgan fingerprint density at radius 3 is 2.78 bits per heavy atom. The maximum atomic E-state index is 11.8. The van der Waals surface area contributed by atoms with E-state index in [0.29, 0.717) is 0 Å². The van der Waals surface area contributed by atoms with Crippen LogP contribution in [-0.4, -0.2) is 32.2 Å². The van der Waals surface area contributed by atoms with Gasteiger partial charge < -0.3 is 10.4 Å². The summed E-state index contributed by atoms with van der Waals surface area (Å²) < 4.78 is 0. The van der Waals surface area contributed by atoms with E-state index in [2.05, 4.69) is 20.5 Å². The quantitative estimate of drug-likeness (QED) is 0.750. The third-order valence-electron chi connectivity index (χ3n) is 2.17. The smallest absolute Gasteiger partial charge is 0.353 e. The van der Waals surface area contributed by atoms with Crippen molar-refractivity contribution >= 4 is 17.7 Å². The molecule has 0 unspecified atom stereocenters. The summed E-state index contributed by atoms with van der Waals surface area (Å²) in [5, 5.41) is 17.1. The third kappa shape index (κ3) is 2.51. The van der Waals surface area contributed by atoms with Gasteiger partial charge >= 0.3 is 5.97 Å². The van der Waals surface area contributed by atoms with Gasteiger partial charge in [-0.3, -0.25) is 9.89 Å². The molecule has 7 nitrogen and oxygen atoms in total. The number of nitrogens with zero attached hydrogens (tertiary/aromatic N) is 2. The van der Waals surface area contributed by atoms with Crippen molar-refractivity contribution in [3.8, 4) is 0 Å². The van der Waals surface area contributed by atoms with Crippen molar-refractivity contribution in [2.24, 2.45) is 0 Å². The molecule has 7 heteroatoms. The Morgan fingerprint density at radius 1 is 1.39 bits per heavy atom. The molecule has 0 spiro atoms. The maximum Gasteiger partial charge on any atom is 0.353 e. The Hall–Kier alpha value is -2.70. The summed E-state index contributed by atoms with van der Waals surface area (Å²) in [4.78, 5) is 26.4. The number of carbonyl (C=O) groups excluding carboxylic acids is 1. The summed E-state index contributed by atoms with van der Waals surface area (Å²) in [6, 6.07) is 6.28. The minimum atomic E-state index is -1.14. The lowest BCUT2D eigenvalue weighted by molar-refractivity contribution is 0.0690. The number of carboxylic acid groups (broad SMARTS) is 1. The molecule has 0 bridgehead atoms. The second-order valence-electron chi connectivity index (χ2n) is 3.59. The normalized spacial score (nSPS) is 10.1. The zero-order chi connectivity index (χ0) is 13.1. The van der Waals surface area contributed by atoms with Crippen LogP contribution in [0.3, 0.4) is 0 Å². The van der Waals surface area contributed by atoms with Gasteiger partial charge in [0.25, 0.3) is 5.91 Å². The summed E-state index contributed by atoms with van der Waals surface area (Å²) >= 11 is 0. The first-order valence-corrected chi connectivity index (χ1v) is 5.10. The Morgan fingerprint density at radius 2 is 2.17 bits per heavy atom. The van der Waals surface area contributed by atoms with Crippen LogP contribution in [0.25, 0.3) is 0 Å². The Labute approximate surface area is 102 Å². The third-order valence-corrected chi connectivity index (χ3v) is 2.17. The fraction of sp³-hybridized carbons (Fsp3) is 0.0909. The summed E-state index contributed by atoms with van der Waals surface area (Å²) in [7, 11) is 0. The molecule has 0 radical (unpaired) electrons. The molecule has 0 aromatic carbocycles. The number of aryl methyl sites for hydroxylation is 1. The van der Waals surface area contributed by atoms with Crippen LogP contribution in [0.2, 0.25) is 0 Å². The van der Waals surface area contributed by atoms with Crippen LogP contribution < -0.4 is 5.32 Å². The fourth-order valence-electron chi connectivity index (χ4n) is 1.35. The Balaban J connectivity index is 2.13. The molecule has 2 aromatic rings. The summed E-state index contributed by atoms with van der Waals surface area (Å²) in [6.45, 7) is 1.77. The van der Waals surface area contributed by atoms with Crippen molar-refractivity contribution in [3.63, 3.8) is 0 Å². The largest absolute Gasteiger partial charge is 0.477 e. The second kappa shape index (κ2) is 4.66. The van der Waals surface area contributed by atoms with Crippen LogP contribution >= 0.6 is 0 Å². The molecule has 0 atom stereocenters. The van der Waals surface area contributed by atoms with Crippen molar-refractivity contribution in [3.05, 3.63) is 41.3 Å². The zero-order valence-electron chi connectivity index (χ0n) is 9.47. The van der Waals surface area contributed by atoms with E-state index in [0.717, 1.165) is 5.69 Å². The number of carbonyl (C=O) groups is 2. The van der Waals surface area contributed by atoms with Crippen molar-refractivity contribution in [2.45, 2.75) is 6.92 Å². The zero-order valence-corrected chi connectivity index (χ0v) is 9.47. The molecule has 0 aliphatic carbocycles. The molecule has 2 heterocycles. The highest BCUT2D eigenvalue weighted by atomic mass is 16.4. The topological polar surface area (TPSA) is 108 Å². The van der Waals surface area contributed by atoms with Crippen LogP contribution in [-0.2, 0) is 0 Å². The number of aromatic nitrogens is 3. The van der Waals surface area contributed by atoms with E-state index >= 15 is 0 Å². The van der Waals surface area contributed by atoms with Crippen molar-refractivity contribution in [1.82, 2.24) is 15.2 Å². The first-order chi connectivity index (χ1) is 8.56. The first-order valence-electron chi connectivity index (χ1n) is 5.10. The van der Waals surface area contributed by atoms with E-state index in [1.807, 2.05) is 0 Å². The number of nitrogens with one attached hydrogen (secondary N) is 2. The highest BCUT2D eigenvalue weighted by Gasteiger charge is 2.12. The van der Waals surface area contributed by atoms with Gasteiger partial charge in [0.1, 0.15) is 11.4 Å². The van der Waals surface area contributed by atoms with Crippen molar-refractivity contribution in [1.29, 1.82) is 0 Å². The molecule has 18 heavy (non-hydrogen) atoms. The van der Waals surface area contributed by atoms with Gasteiger partial charge in [-0.1, -0.05) is 6.07 Å². The number of pyridine rings is 1. The van der Waals surface area contributed by atoms with Gasteiger partial charge in [0.2, 0.25) is 0 Å². The predicted molar refractivity (Wildman–Crippen MR) is 62.5 cm³/mol. The van der Waals surface area contributed by atoms with E-state index < -0.39 is 11.9 Å². The van der Waals surface area contributed by atoms with Crippen LogP contribution in [0.15, 0.2) is 24.3 Å². The minimum Gasteiger partial charge on any atom is -0.477 e. The number of aromatic amines is 1. The number of anilines is 1. The van der Waals surface area contributed by atoms with Gasteiger partial charge in [-0.25, -0.2) is 9.78 Å². The van der Waals surface area contributed by atoms with Gasteiger partial charge in [0.15, 0.2) is 5.82 Å². The van der Waals surface area contributed by atoms with Crippen LogP contribution in [0.5, 0.6) is 0 Å². The highest BCUT2D eigenvalue weighted by Crippen LogP contribution is 2.07. The van der Waals surface area contributed by atoms with Gasteiger partial charge in [-0.05, 0) is 19.1 Å². The molecule has 3 N–H and O–H groups in total. The molecule has 1 amide bonds. The number of hydrogen-bond acceptors (Lipinski definition) is 4. The van der Waals surface area contributed by atoms with E-state index in [4.69, 9.17) is 5.11 Å². The number of H-pyrrole nitrogens is 1. The number of rotatable bonds is 3. The van der Waals surface area contributed by atoms with E-state index in [-0.39, 0.29) is 17.2 Å². The molecule has 0 saturated carbocycles.